The minimum Gasteiger partial charge on any atom is -0.478 e. The molecule has 0 radical (unpaired) electrons. The van der Waals surface area contributed by atoms with Crippen molar-refractivity contribution in [3.05, 3.63) is 40.4 Å². The third-order valence-electron chi connectivity index (χ3n) is 1.66. The van der Waals surface area contributed by atoms with Crippen LogP contribution in [0, 0.1) is 0 Å². The van der Waals surface area contributed by atoms with Gasteiger partial charge in [-0.05, 0) is 12.1 Å². The van der Waals surface area contributed by atoms with Gasteiger partial charge in [0.2, 0.25) is 0 Å². The first-order valence-corrected chi connectivity index (χ1v) is 5.41. The van der Waals surface area contributed by atoms with Crippen molar-refractivity contribution in [2.24, 2.45) is 0 Å². The number of alkyl halides is 1. The second kappa shape index (κ2) is 5.17. The van der Waals surface area contributed by atoms with Crippen LogP contribution >= 0.6 is 27.5 Å². The Morgan fingerprint density at radius 1 is 1.57 bits per heavy atom. The maximum atomic E-state index is 10.8. The van der Waals surface area contributed by atoms with Crippen molar-refractivity contribution in [2.75, 3.05) is 5.33 Å². The maximum absolute atomic E-state index is 10.8. The van der Waals surface area contributed by atoms with Crippen molar-refractivity contribution >= 4 is 39.6 Å². The molecule has 0 fully saturated rings. The van der Waals surface area contributed by atoms with Crippen LogP contribution < -0.4 is 0 Å². The summed E-state index contributed by atoms with van der Waals surface area (Å²) in [7, 11) is 0. The second-order valence-corrected chi connectivity index (χ2v) is 3.62. The van der Waals surface area contributed by atoms with E-state index in [2.05, 4.69) is 15.9 Å². The number of benzene rings is 1. The van der Waals surface area contributed by atoms with E-state index in [1.165, 1.54) is 6.07 Å². The van der Waals surface area contributed by atoms with E-state index in [9.17, 15) is 4.79 Å². The third kappa shape index (κ3) is 2.59. The van der Waals surface area contributed by atoms with Gasteiger partial charge < -0.3 is 5.11 Å². The Labute approximate surface area is 95.3 Å². The highest BCUT2D eigenvalue weighted by molar-refractivity contribution is 9.09. The number of hydrogen-bond acceptors (Lipinski definition) is 1. The van der Waals surface area contributed by atoms with Gasteiger partial charge in [0.1, 0.15) is 0 Å². The molecule has 0 unspecified atom stereocenters. The first-order chi connectivity index (χ1) is 6.66. The molecule has 4 heteroatoms. The molecule has 0 aromatic heterocycles. The van der Waals surface area contributed by atoms with Crippen molar-refractivity contribution in [2.45, 2.75) is 0 Å². The van der Waals surface area contributed by atoms with Crippen molar-refractivity contribution in [1.29, 1.82) is 0 Å². The van der Waals surface area contributed by atoms with E-state index in [0.29, 0.717) is 15.9 Å². The fraction of sp³-hybridized carbons (Fsp3) is 0.100. The van der Waals surface area contributed by atoms with Crippen LogP contribution in [0.5, 0.6) is 0 Å². The molecule has 0 aliphatic rings. The van der Waals surface area contributed by atoms with Gasteiger partial charge in [0, 0.05) is 15.9 Å². The lowest BCUT2D eigenvalue weighted by molar-refractivity contribution is 0.0696. The molecule has 1 aromatic rings. The van der Waals surface area contributed by atoms with Gasteiger partial charge in [-0.1, -0.05) is 45.7 Å². The van der Waals surface area contributed by atoms with Crippen LogP contribution in [-0.2, 0) is 0 Å². The van der Waals surface area contributed by atoms with E-state index in [-0.39, 0.29) is 5.56 Å². The lowest BCUT2D eigenvalue weighted by Gasteiger charge is -2.02. The summed E-state index contributed by atoms with van der Waals surface area (Å²) in [6, 6.07) is 4.82. The average Bonchev–Trinajstić information content (AvgIpc) is 2.15. The van der Waals surface area contributed by atoms with E-state index < -0.39 is 5.97 Å². The molecule has 1 rings (SSSR count). The first kappa shape index (κ1) is 11.3. The summed E-state index contributed by atoms with van der Waals surface area (Å²) in [5, 5.41) is 10.00. The molecule has 0 heterocycles. The summed E-state index contributed by atoms with van der Waals surface area (Å²) in [5.41, 5.74) is 0.760. The SMILES string of the molecule is O=C(O)c1cccc(Cl)c1C=CCBr. The van der Waals surface area contributed by atoms with Gasteiger partial charge in [-0.15, -0.1) is 0 Å². The molecule has 0 bridgehead atoms. The number of allylic oxidation sites excluding steroid dienone is 1. The second-order valence-electron chi connectivity index (χ2n) is 2.56. The van der Waals surface area contributed by atoms with Gasteiger partial charge in [0.25, 0.3) is 0 Å². The molecular formula is C10H8BrClO2. The van der Waals surface area contributed by atoms with Crippen LogP contribution in [0.1, 0.15) is 15.9 Å². The van der Waals surface area contributed by atoms with Crippen molar-refractivity contribution in [3.63, 3.8) is 0 Å². The topological polar surface area (TPSA) is 37.3 Å². The monoisotopic (exact) mass is 274 g/mol. The van der Waals surface area contributed by atoms with E-state index in [4.69, 9.17) is 16.7 Å². The van der Waals surface area contributed by atoms with E-state index in [1.54, 1.807) is 24.3 Å². The van der Waals surface area contributed by atoms with Crippen LogP contribution in [0.4, 0.5) is 0 Å². The van der Waals surface area contributed by atoms with Crippen LogP contribution in [-0.4, -0.2) is 16.4 Å². The zero-order chi connectivity index (χ0) is 10.6. The minimum absolute atomic E-state index is 0.217. The summed E-state index contributed by atoms with van der Waals surface area (Å²) in [6.07, 6.45) is 3.49. The Balaban J connectivity index is 3.22. The molecule has 0 atom stereocenters. The van der Waals surface area contributed by atoms with Crippen LogP contribution in [0.15, 0.2) is 24.3 Å². The fourth-order valence-electron chi connectivity index (χ4n) is 1.06. The Kier molecular flexibility index (Phi) is 4.17. The van der Waals surface area contributed by atoms with Crippen LogP contribution in [0.3, 0.4) is 0 Å². The van der Waals surface area contributed by atoms with Crippen molar-refractivity contribution in [1.82, 2.24) is 0 Å². The molecule has 0 amide bonds. The molecule has 74 valence electrons. The quantitative estimate of drug-likeness (QED) is 0.858. The van der Waals surface area contributed by atoms with Crippen LogP contribution in [0.25, 0.3) is 6.08 Å². The lowest BCUT2D eigenvalue weighted by Crippen LogP contribution is -1.99. The Morgan fingerprint density at radius 3 is 2.86 bits per heavy atom. The first-order valence-electron chi connectivity index (χ1n) is 3.91. The molecule has 2 nitrogen and oxygen atoms in total. The van der Waals surface area contributed by atoms with Crippen molar-refractivity contribution in [3.8, 4) is 0 Å². The number of aromatic carboxylic acids is 1. The summed E-state index contributed by atoms with van der Waals surface area (Å²) >= 11 is 9.10. The molecule has 0 saturated heterocycles. The zero-order valence-corrected chi connectivity index (χ0v) is 9.55. The number of halogens is 2. The molecule has 1 aromatic carbocycles. The van der Waals surface area contributed by atoms with Gasteiger partial charge >= 0.3 is 5.97 Å². The number of carboxylic acid groups (broad SMARTS) is 1. The summed E-state index contributed by atoms with van der Waals surface area (Å²) < 4.78 is 0. The molecule has 1 N–H and O–H groups in total. The third-order valence-corrected chi connectivity index (χ3v) is 2.36. The van der Waals surface area contributed by atoms with Gasteiger partial charge in [-0.25, -0.2) is 4.79 Å². The Morgan fingerprint density at radius 2 is 2.29 bits per heavy atom. The molecule has 0 aliphatic carbocycles. The fourth-order valence-corrected chi connectivity index (χ4v) is 1.48. The normalized spacial score (nSPS) is 10.7. The lowest BCUT2D eigenvalue weighted by atomic mass is 10.1. The number of rotatable bonds is 3. The zero-order valence-electron chi connectivity index (χ0n) is 7.21. The van der Waals surface area contributed by atoms with Crippen molar-refractivity contribution < 1.29 is 9.90 Å². The summed E-state index contributed by atoms with van der Waals surface area (Å²) in [5.74, 6) is -0.971. The predicted molar refractivity (Wildman–Crippen MR) is 61.2 cm³/mol. The Hall–Kier alpha value is -0.800. The molecule has 0 saturated carbocycles. The Bertz CT molecular complexity index is 374. The van der Waals surface area contributed by atoms with Crippen LogP contribution in [0.2, 0.25) is 5.02 Å². The maximum Gasteiger partial charge on any atom is 0.336 e. The van der Waals surface area contributed by atoms with Gasteiger partial charge in [-0.2, -0.15) is 0 Å². The van der Waals surface area contributed by atoms with E-state index in [0.717, 1.165) is 0 Å². The van der Waals surface area contributed by atoms with Gasteiger partial charge in [0.05, 0.1) is 5.56 Å². The van der Waals surface area contributed by atoms with E-state index >= 15 is 0 Å². The highest BCUT2D eigenvalue weighted by Gasteiger charge is 2.09. The molecule has 0 aliphatic heterocycles. The molecule has 14 heavy (non-hydrogen) atoms. The van der Waals surface area contributed by atoms with Gasteiger partial charge in [0.15, 0.2) is 0 Å². The molecular weight excluding hydrogens is 267 g/mol. The molecule has 0 spiro atoms. The smallest absolute Gasteiger partial charge is 0.336 e. The number of carboxylic acids is 1. The number of carbonyl (C=O) groups is 1. The standard InChI is InChI=1S/C10H8BrClO2/c11-6-2-4-7-8(10(13)14)3-1-5-9(7)12/h1-5H,6H2,(H,13,14). The van der Waals surface area contributed by atoms with Gasteiger partial charge in [-0.3, -0.25) is 0 Å². The minimum atomic E-state index is -0.971. The highest BCUT2D eigenvalue weighted by Crippen LogP contribution is 2.21. The highest BCUT2D eigenvalue weighted by atomic mass is 79.9. The summed E-state index contributed by atoms with van der Waals surface area (Å²) in [6.45, 7) is 0. The number of hydrogen-bond donors (Lipinski definition) is 1. The van der Waals surface area contributed by atoms with E-state index in [1.807, 2.05) is 0 Å². The average molecular weight is 276 g/mol. The summed E-state index contributed by atoms with van der Waals surface area (Å²) in [4.78, 5) is 10.8. The largest absolute Gasteiger partial charge is 0.478 e. The predicted octanol–water partition coefficient (Wildman–Crippen LogP) is 3.45.